The number of rotatable bonds is 9. The van der Waals surface area contributed by atoms with Crippen LogP contribution in [0.5, 0.6) is 5.75 Å². The molecular weight excluding hydrogens is 428 g/mol. The molecule has 0 saturated carbocycles. The molecular formula is C24H22N2O5S. The third-order valence-corrected chi connectivity index (χ3v) is 5.94. The molecule has 2 N–H and O–H groups in total. The first kappa shape index (κ1) is 22.8. The lowest BCUT2D eigenvalue weighted by Gasteiger charge is -2.09. The summed E-state index contributed by atoms with van der Waals surface area (Å²) >= 11 is 0. The number of anilines is 2. The summed E-state index contributed by atoms with van der Waals surface area (Å²) in [4.78, 5) is 23.7. The first-order chi connectivity index (χ1) is 15.3. The Morgan fingerprint density at radius 2 is 1.56 bits per heavy atom. The number of ketones is 2. The van der Waals surface area contributed by atoms with Gasteiger partial charge in [0.25, 0.3) is 10.0 Å². The normalized spacial score (nSPS) is 11.2. The highest BCUT2D eigenvalue weighted by atomic mass is 32.2. The Bertz CT molecular complexity index is 1250. The molecule has 8 heteroatoms. The van der Waals surface area contributed by atoms with Gasteiger partial charge in [-0.2, -0.15) is 0 Å². The molecule has 3 rings (SSSR count). The number of carbonyl (C=O) groups is 2. The fourth-order valence-electron chi connectivity index (χ4n) is 2.81. The molecule has 0 aliphatic heterocycles. The molecule has 0 spiro atoms. The van der Waals surface area contributed by atoms with Gasteiger partial charge in [-0.15, -0.1) is 0 Å². The number of ether oxygens (including phenoxy) is 1. The first-order valence-electron chi connectivity index (χ1n) is 9.64. The Kier molecular flexibility index (Phi) is 7.07. The molecule has 3 aromatic rings. The Hall–Kier alpha value is -3.91. The minimum absolute atomic E-state index is 0.0644. The highest BCUT2D eigenvalue weighted by Crippen LogP contribution is 2.19. The van der Waals surface area contributed by atoms with Crippen LogP contribution in [0, 0.1) is 0 Å². The fourth-order valence-corrected chi connectivity index (χ4v) is 3.86. The van der Waals surface area contributed by atoms with E-state index in [1.165, 1.54) is 37.4 Å². The van der Waals surface area contributed by atoms with Crippen LogP contribution in [0.1, 0.15) is 27.6 Å². The van der Waals surface area contributed by atoms with Crippen molar-refractivity contribution in [2.45, 2.75) is 11.8 Å². The Balaban J connectivity index is 1.63. The van der Waals surface area contributed by atoms with Gasteiger partial charge in [-0.25, -0.2) is 8.42 Å². The van der Waals surface area contributed by atoms with Crippen molar-refractivity contribution < 1.29 is 22.7 Å². The van der Waals surface area contributed by atoms with Gasteiger partial charge in [-0.1, -0.05) is 12.1 Å². The summed E-state index contributed by atoms with van der Waals surface area (Å²) in [5.41, 5.74) is 1.85. The van der Waals surface area contributed by atoms with Crippen molar-refractivity contribution in [1.29, 1.82) is 0 Å². The SMILES string of the molecule is COc1ccc(C(=O)C=CNc2ccc(S(=O)(=O)Nc3cccc(C(C)=O)c3)cc2)cc1. The topological polar surface area (TPSA) is 102 Å². The molecule has 0 atom stereocenters. The van der Waals surface area contributed by atoms with E-state index in [9.17, 15) is 18.0 Å². The molecule has 0 radical (unpaired) electrons. The van der Waals surface area contributed by atoms with Crippen LogP contribution in [0.3, 0.4) is 0 Å². The van der Waals surface area contributed by atoms with Gasteiger partial charge in [0.1, 0.15) is 5.75 Å². The van der Waals surface area contributed by atoms with E-state index in [1.807, 2.05) is 0 Å². The quantitative estimate of drug-likeness (QED) is 0.367. The summed E-state index contributed by atoms with van der Waals surface area (Å²) in [5, 5.41) is 2.94. The monoisotopic (exact) mass is 450 g/mol. The lowest BCUT2D eigenvalue weighted by molar-refractivity contribution is 0.101. The summed E-state index contributed by atoms with van der Waals surface area (Å²) in [6, 6.07) is 19.1. The van der Waals surface area contributed by atoms with Crippen LogP contribution in [0.4, 0.5) is 11.4 Å². The van der Waals surface area contributed by atoms with Crippen LogP contribution in [0.25, 0.3) is 0 Å². The van der Waals surface area contributed by atoms with Crippen LogP contribution in [0.15, 0.2) is 90.0 Å². The Morgan fingerprint density at radius 3 is 2.19 bits per heavy atom. The Morgan fingerprint density at radius 1 is 0.875 bits per heavy atom. The number of carbonyl (C=O) groups excluding carboxylic acids is 2. The summed E-state index contributed by atoms with van der Waals surface area (Å²) in [6.07, 6.45) is 2.87. The van der Waals surface area contributed by atoms with Crippen molar-refractivity contribution in [3.8, 4) is 5.75 Å². The molecule has 0 aromatic heterocycles. The third-order valence-electron chi connectivity index (χ3n) is 4.55. The maximum atomic E-state index is 12.6. The minimum Gasteiger partial charge on any atom is -0.497 e. The lowest BCUT2D eigenvalue weighted by Crippen LogP contribution is -2.13. The zero-order chi connectivity index (χ0) is 23.1. The molecule has 164 valence electrons. The minimum atomic E-state index is -3.82. The first-order valence-corrected chi connectivity index (χ1v) is 11.1. The van der Waals surface area contributed by atoms with E-state index < -0.39 is 10.0 Å². The van der Waals surface area contributed by atoms with Crippen LogP contribution >= 0.6 is 0 Å². The van der Waals surface area contributed by atoms with Crippen LogP contribution in [-0.2, 0) is 10.0 Å². The number of hydrogen-bond acceptors (Lipinski definition) is 6. The lowest BCUT2D eigenvalue weighted by atomic mass is 10.1. The van der Waals surface area contributed by atoms with Crippen molar-refractivity contribution in [3.63, 3.8) is 0 Å². The van der Waals surface area contributed by atoms with Gasteiger partial charge < -0.3 is 10.1 Å². The number of allylic oxidation sites excluding steroid dienone is 1. The zero-order valence-corrected chi connectivity index (χ0v) is 18.3. The second kappa shape index (κ2) is 9.93. The van der Waals surface area contributed by atoms with Gasteiger partial charge in [-0.3, -0.25) is 14.3 Å². The van der Waals surface area contributed by atoms with Gasteiger partial charge in [-0.05, 0) is 67.6 Å². The molecule has 3 aromatic carbocycles. The molecule has 0 aliphatic rings. The number of Topliss-reactive ketones (excluding diaryl/α,β-unsaturated/α-hetero) is 1. The van der Waals surface area contributed by atoms with Crippen LogP contribution in [-0.4, -0.2) is 27.1 Å². The molecule has 0 unspecified atom stereocenters. The van der Waals surface area contributed by atoms with Gasteiger partial charge in [0.15, 0.2) is 11.6 Å². The number of hydrogen-bond donors (Lipinski definition) is 2. The van der Waals surface area contributed by atoms with E-state index in [4.69, 9.17) is 4.74 Å². The summed E-state index contributed by atoms with van der Waals surface area (Å²) in [5.74, 6) is 0.330. The second-order valence-corrected chi connectivity index (χ2v) is 8.52. The van der Waals surface area contributed by atoms with Crippen molar-refractivity contribution in [3.05, 3.63) is 96.2 Å². The highest BCUT2D eigenvalue weighted by molar-refractivity contribution is 7.92. The molecule has 0 heterocycles. The van der Waals surface area contributed by atoms with E-state index in [0.717, 1.165) is 0 Å². The average molecular weight is 451 g/mol. The summed E-state index contributed by atoms with van der Waals surface area (Å²) in [6.45, 7) is 1.42. The summed E-state index contributed by atoms with van der Waals surface area (Å²) in [7, 11) is -2.26. The number of nitrogens with one attached hydrogen (secondary N) is 2. The predicted molar refractivity (Wildman–Crippen MR) is 124 cm³/mol. The maximum absolute atomic E-state index is 12.6. The molecule has 0 saturated heterocycles. The molecule has 0 bridgehead atoms. The highest BCUT2D eigenvalue weighted by Gasteiger charge is 2.14. The van der Waals surface area contributed by atoms with E-state index in [2.05, 4.69) is 10.0 Å². The smallest absolute Gasteiger partial charge is 0.261 e. The standard InChI is InChI=1S/C24H22N2O5S/c1-17(27)19-4-3-5-21(16-19)26-32(29,30)23-12-8-20(9-13-23)25-15-14-24(28)18-6-10-22(31-2)11-7-18/h3-16,25-26H,1-2H3. The third kappa shape index (κ3) is 5.83. The number of benzene rings is 3. The molecule has 0 fully saturated rings. The largest absolute Gasteiger partial charge is 0.497 e. The van der Waals surface area contributed by atoms with Crippen molar-refractivity contribution in [1.82, 2.24) is 0 Å². The average Bonchev–Trinajstić information content (AvgIpc) is 2.79. The number of sulfonamides is 1. The predicted octanol–water partition coefficient (Wildman–Crippen LogP) is 4.51. The van der Waals surface area contributed by atoms with E-state index in [0.29, 0.717) is 28.3 Å². The van der Waals surface area contributed by atoms with Crippen LogP contribution < -0.4 is 14.8 Å². The number of methoxy groups -OCH3 is 1. The van der Waals surface area contributed by atoms with Crippen molar-refractivity contribution >= 4 is 33.0 Å². The molecule has 32 heavy (non-hydrogen) atoms. The zero-order valence-electron chi connectivity index (χ0n) is 17.5. The molecule has 0 amide bonds. The fraction of sp³-hybridized carbons (Fsp3) is 0.0833. The van der Waals surface area contributed by atoms with Crippen molar-refractivity contribution in [2.75, 3.05) is 17.1 Å². The second-order valence-electron chi connectivity index (χ2n) is 6.84. The molecule has 7 nitrogen and oxygen atoms in total. The van der Waals surface area contributed by atoms with Crippen LogP contribution in [0.2, 0.25) is 0 Å². The Labute approximate surface area is 186 Å². The summed E-state index contributed by atoms with van der Waals surface area (Å²) < 4.78 is 32.8. The van der Waals surface area contributed by atoms with Crippen molar-refractivity contribution in [2.24, 2.45) is 0 Å². The van der Waals surface area contributed by atoms with Gasteiger partial charge >= 0.3 is 0 Å². The maximum Gasteiger partial charge on any atom is 0.261 e. The van der Waals surface area contributed by atoms with E-state index in [-0.39, 0.29) is 16.5 Å². The molecule has 0 aliphatic carbocycles. The van der Waals surface area contributed by atoms with Gasteiger partial charge in [0, 0.05) is 34.8 Å². The van der Waals surface area contributed by atoms with E-state index in [1.54, 1.807) is 61.7 Å². The van der Waals surface area contributed by atoms with E-state index >= 15 is 0 Å². The van der Waals surface area contributed by atoms with Gasteiger partial charge in [0.05, 0.1) is 12.0 Å². The van der Waals surface area contributed by atoms with Gasteiger partial charge in [0.2, 0.25) is 0 Å².